The van der Waals surface area contributed by atoms with E-state index < -0.39 is 5.91 Å². The van der Waals surface area contributed by atoms with E-state index in [1.54, 1.807) is 4.57 Å². The first kappa shape index (κ1) is 17.3. The summed E-state index contributed by atoms with van der Waals surface area (Å²) in [5.41, 5.74) is 9.31. The van der Waals surface area contributed by atoms with Gasteiger partial charge in [-0.05, 0) is 44.0 Å². The molecule has 3 rings (SSSR count). The number of aryl methyl sites for hydroxylation is 3. The largest absolute Gasteiger partial charge is 0.366 e. The monoisotopic (exact) mass is 356 g/mol. The molecule has 1 amide bonds. The lowest BCUT2D eigenvalue weighted by Gasteiger charge is -2.10. The van der Waals surface area contributed by atoms with Crippen molar-refractivity contribution < 1.29 is 4.79 Å². The number of hydrogen-bond donors (Lipinski definition) is 2. The second-order valence-electron chi connectivity index (χ2n) is 5.93. The van der Waals surface area contributed by atoms with E-state index in [1.807, 2.05) is 44.2 Å². The topological polar surface area (TPSA) is 93.8 Å². The van der Waals surface area contributed by atoms with E-state index in [9.17, 15) is 9.59 Å². The maximum atomic E-state index is 12.1. The van der Waals surface area contributed by atoms with Gasteiger partial charge in [-0.25, -0.2) is 9.78 Å². The van der Waals surface area contributed by atoms with Crippen molar-refractivity contribution in [3.63, 3.8) is 0 Å². The fourth-order valence-electron chi connectivity index (χ4n) is 2.93. The van der Waals surface area contributed by atoms with Crippen molar-refractivity contribution >= 4 is 28.7 Å². The quantitative estimate of drug-likeness (QED) is 0.524. The van der Waals surface area contributed by atoms with Crippen molar-refractivity contribution in [3.05, 3.63) is 57.6 Å². The normalized spacial score (nSPS) is 11.1. The summed E-state index contributed by atoms with van der Waals surface area (Å²) < 4.78 is 1.74. The fourth-order valence-corrected chi connectivity index (χ4v) is 4.01. The summed E-state index contributed by atoms with van der Waals surface area (Å²) in [7, 11) is 0. The van der Waals surface area contributed by atoms with E-state index in [0.29, 0.717) is 17.1 Å². The first-order valence-corrected chi connectivity index (χ1v) is 9.04. The van der Waals surface area contributed by atoms with Crippen LogP contribution in [0.4, 0.5) is 0 Å². The molecule has 7 heteroatoms. The van der Waals surface area contributed by atoms with Crippen LogP contribution in [0.15, 0.2) is 40.2 Å². The number of thioether (sulfide) groups is 1. The van der Waals surface area contributed by atoms with Gasteiger partial charge in [0.25, 0.3) is 5.91 Å². The molecular weight excluding hydrogens is 336 g/mol. The minimum atomic E-state index is -0.458. The Morgan fingerprint density at radius 2 is 2.08 bits per heavy atom. The zero-order valence-electron chi connectivity index (χ0n) is 14.2. The van der Waals surface area contributed by atoms with E-state index in [2.05, 4.69) is 9.97 Å². The second kappa shape index (κ2) is 7.14. The lowest BCUT2D eigenvalue weighted by atomic mass is 10.1. The third-order valence-electron chi connectivity index (χ3n) is 4.00. The number of aromatic amines is 1. The van der Waals surface area contributed by atoms with Crippen molar-refractivity contribution in [3.8, 4) is 0 Å². The number of nitrogens with one attached hydrogen (secondary N) is 1. The molecule has 0 unspecified atom stereocenters. The van der Waals surface area contributed by atoms with Crippen LogP contribution in [0, 0.1) is 13.8 Å². The number of benzene rings is 1. The lowest BCUT2D eigenvalue weighted by Crippen LogP contribution is -2.17. The van der Waals surface area contributed by atoms with Gasteiger partial charge in [-0.1, -0.05) is 12.1 Å². The SMILES string of the molecule is Cc1cc(C)c(C(N)=O)c(SCCCn2c(=O)[nH]c3ccccc32)n1. The van der Waals surface area contributed by atoms with Crippen LogP contribution in [-0.2, 0) is 6.54 Å². The predicted molar refractivity (Wildman–Crippen MR) is 100 cm³/mol. The molecule has 130 valence electrons. The molecular formula is C18H20N4O2S. The molecule has 0 bridgehead atoms. The number of amides is 1. The molecule has 0 saturated heterocycles. The number of imidazole rings is 1. The number of primary amides is 1. The van der Waals surface area contributed by atoms with Crippen LogP contribution in [0.2, 0.25) is 0 Å². The number of carbonyl (C=O) groups excluding carboxylic acids is 1. The van der Waals surface area contributed by atoms with Gasteiger partial charge in [0.05, 0.1) is 16.6 Å². The first-order chi connectivity index (χ1) is 12.0. The molecule has 0 fully saturated rings. The molecule has 2 aromatic heterocycles. The zero-order chi connectivity index (χ0) is 18.0. The van der Waals surface area contributed by atoms with Crippen LogP contribution in [0.5, 0.6) is 0 Å². The average Bonchev–Trinajstić information content (AvgIpc) is 2.86. The highest BCUT2D eigenvalue weighted by Crippen LogP contribution is 2.24. The fraction of sp³-hybridized carbons (Fsp3) is 0.278. The predicted octanol–water partition coefficient (Wildman–Crippen LogP) is 2.62. The summed E-state index contributed by atoms with van der Waals surface area (Å²) in [6.45, 7) is 4.37. The molecule has 0 spiro atoms. The molecule has 3 N–H and O–H groups in total. The van der Waals surface area contributed by atoms with Crippen LogP contribution >= 0.6 is 11.8 Å². The molecule has 3 aromatic rings. The molecule has 25 heavy (non-hydrogen) atoms. The van der Waals surface area contributed by atoms with Gasteiger partial charge in [0.15, 0.2) is 0 Å². The third kappa shape index (κ3) is 3.61. The number of para-hydroxylation sites is 2. The van der Waals surface area contributed by atoms with Gasteiger partial charge >= 0.3 is 5.69 Å². The van der Waals surface area contributed by atoms with Crippen molar-refractivity contribution in [1.29, 1.82) is 0 Å². The number of carbonyl (C=O) groups is 1. The van der Waals surface area contributed by atoms with Crippen LogP contribution in [0.3, 0.4) is 0 Å². The van der Waals surface area contributed by atoms with Gasteiger partial charge in [-0.2, -0.15) is 0 Å². The summed E-state index contributed by atoms with van der Waals surface area (Å²) in [6.07, 6.45) is 0.777. The molecule has 0 aliphatic carbocycles. The third-order valence-corrected chi connectivity index (χ3v) is 5.07. The Kier molecular flexibility index (Phi) is 4.94. The minimum Gasteiger partial charge on any atom is -0.366 e. The van der Waals surface area contributed by atoms with E-state index in [-0.39, 0.29) is 5.69 Å². The van der Waals surface area contributed by atoms with Crippen molar-refractivity contribution in [2.24, 2.45) is 5.73 Å². The first-order valence-electron chi connectivity index (χ1n) is 8.06. The van der Waals surface area contributed by atoms with Crippen LogP contribution in [0.25, 0.3) is 11.0 Å². The Labute approximate surface area is 149 Å². The summed E-state index contributed by atoms with van der Waals surface area (Å²) in [5.74, 6) is 0.280. The number of aromatic nitrogens is 3. The molecule has 2 heterocycles. The Morgan fingerprint density at radius 1 is 1.32 bits per heavy atom. The number of nitrogens with zero attached hydrogens (tertiary/aromatic N) is 2. The molecule has 0 aliphatic heterocycles. The lowest BCUT2D eigenvalue weighted by molar-refractivity contribution is 0.0996. The highest BCUT2D eigenvalue weighted by Gasteiger charge is 2.14. The van der Waals surface area contributed by atoms with Gasteiger partial charge in [0, 0.05) is 18.0 Å². The Morgan fingerprint density at radius 3 is 2.84 bits per heavy atom. The van der Waals surface area contributed by atoms with E-state index in [0.717, 1.165) is 34.5 Å². The maximum Gasteiger partial charge on any atom is 0.326 e. The van der Waals surface area contributed by atoms with Gasteiger partial charge < -0.3 is 10.7 Å². The molecule has 0 aliphatic rings. The van der Waals surface area contributed by atoms with E-state index >= 15 is 0 Å². The van der Waals surface area contributed by atoms with E-state index in [1.165, 1.54) is 11.8 Å². The summed E-state index contributed by atoms with van der Waals surface area (Å²) in [5, 5.41) is 0.663. The van der Waals surface area contributed by atoms with Crippen molar-refractivity contribution in [2.75, 3.05) is 5.75 Å². The highest BCUT2D eigenvalue weighted by molar-refractivity contribution is 7.99. The Hall–Kier alpha value is -2.54. The maximum absolute atomic E-state index is 12.1. The summed E-state index contributed by atoms with van der Waals surface area (Å²) in [4.78, 5) is 31.0. The minimum absolute atomic E-state index is 0.103. The molecule has 0 atom stereocenters. The number of hydrogen-bond acceptors (Lipinski definition) is 4. The van der Waals surface area contributed by atoms with Crippen LogP contribution in [0.1, 0.15) is 28.0 Å². The smallest absolute Gasteiger partial charge is 0.326 e. The van der Waals surface area contributed by atoms with Gasteiger partial charge in [0.2, 0.25) is 0 Å². The number of nitrogens with two attached hydrogens (primary N) is 1. The zero-order valence-corrected chi connectivity index (χ0v) is 15.0. The van der Waals surface area contributed by atoms with Crippen molar-refractivity contribution in [2.45, 2.75) is 31.8 Å². The number of fused-ring (bicyclic) bond motifs is 1. The Balaban J connectivity index is 1.71. The molecule has 0 saturated carbocycles. The number of rotatable bonds is 6. The van der Waals surface area contributed by atoms with Crippen molar-refractivity contribution in [1.82, 2.24) is 14.5 Å². The van der Waals surface area contributed by atoms with E-state index in [4.69, 9.17) is 5.73 Å². The molecule has 6 nitrogen and oxygen atoms in total. The standard InChI is InChI=1S/C18H20N4O2S/c1-11-10-12(2)20-17(15(11)16(19)23)25-9-5-8-22-14-7-4-3-6-13(14)21-18(22)24/h3-4,6-7,10H,5,8-9H2,1-2H3,(H2,19,23)(H,21,24). The van der Waals surface area contributed by atoms with Gasteiger partial charge in [-0.3, -0.25) is 9.36 Å². The van der Waals surface area contributed by atoms with Gasteiger partial charge in [0.1, 0.15) is 5.03 Å². The summed E-state index contributed by atoms with van der Waals surface area (Å²) in [6, 6.07) is 9.49. The number of pyridine rings is 1. The highest BCUT2D eigenvalue weighted by atomic mass is 32.2. The van der Waals surface area contributed by atoms with Crippen LogP contribution in [-0.4, -0.2) is 26.2 Å². The average molecular weight is 356 g/mol. The summed E-state index contributed by atoms with van der Waals surface area (Å²) >= 11 is 1.50. The molecule has 0 radical (unpaired) electrons. The Bertz CT molecular complexity index is 990. The second-order valence-corrected chi connectivity index (χ2v) is 7.01. The number of H-pyrrole nitrogens is 1. The van der Waals surface area contributed by atoms with Gasteiger partial charge in [-0.15, -0.1) is 11.8 Å². The van der Waals surface area contributed by atoms with Crippen LogP contribution < -0.4 is 11.4 Å². The molecule has 1 aromatic carbocycles.